The van der Waals surface area contributed by atoms with Crippen molar-refractivity contribution in [2.24, 2.45) is 0 Å². The minimum absolute atomic E-state index is 0.350. The van der Waals surface area contributed by atoms with Gasteiger partial charge in [0, 0.05) is 18.2 Å². The van der Waals surface area contributed by atoms with E-state index in [2.05, 4.69) is 10.3 Å². The van der Waals surface area contributed by atoms with Crippen molar-refractivity contribution in [3.8, 4) is 0 Å². The fourth-order valence-electron chi connectivity index (χ4n) is 0.947. The van der Waals surface area contributed by atoms with Gasteiger partial charge in [0.1, 0.15) is 11.6 Å². The number of pyridine rings is 1. The predicted molar refractivity (Wildman–Crippen MR) is 50.6 cm³/mol. The van der Waals surface area contributed by atoms with Gasteiger partial charge in [-0.25, -0.2) is 9.37 Å². The Labute approximate surface area is 77.2 Å². The molecule has 0 radical (unpaired) electrons. The summed E-state index contributed by atoms with van der Waals surface area (Å²) in [5, 5.41) is 3.14. The monoisotopic (exact) mass is 183 g/mol. The number of hydrogen-bond acceptors (Lipinski definition) is 3. The van der Waals surface area contributed by atoms with Gasteiger partial charge in [-0.15, -0.1) is 0 Å². The van der Waals surface area contributed by atoms with Gasteiger partial charge in [-0.1, -0.05) is 13.8 Å². The summed E-state index contributed by atoms with van der Waals surface area (Å²) in [6.45, 7) is 4.58. The van der Waals surface area contributed by atoms with E-state index in [0.29, 0.717) is 24.0 Å². The number of nitrogens with one attached hydrogen (secondary N) is 1. The Kier molecular flexibility index (Phi) is 3.19. The van der Waals surface area contributed by atoms with Crippen LogP contribution in [0.15, 0.2) is 12.3 Å². The summed E-state index contributed by atoms with van der Waals surface area (Å²) in [4.78, 5) is 3.72. The Morgan fingerprint density at radius 1 is 1.62 bits per heavy atom. The van der Waals surface area contributed by atoms with Crippen molar-refractivity contribution in [1.29, 1.82) is 0 Å². The predicted octanol–water partition coefficient (Wildman–Crippen LogP) is 1.30. The molecular formula is C9H14FN3. The number of anilines is 1. The van der Waals surface area contributed by atoms with Crippen molar-refractivity contribution in [1.82, 2.24) is 10.3 Å². The normalized spacial score (nSPS) is 10.8. The second-order valence-electron chi connectivity index (χ2n) is 3.23. The molecule has 0 amide bonds. The van der Waals surface area contributed by atoms with Crippen LogP contribution in [0.1, 0.15) is 19.4 Å². The van der Waals surface area contributed by atoms with E-state index in [1.165, 1.54) is 6.07 Å². The number of nitrogen functional groups attached to an aromatic ring is 1. The van der Waals surface area contributed by atoms with Crippen LogP contribution in [0, 0.1) is 5.82 Å². The van der Waals surface area contributed by atoms with Crippen LogP contribution in [0.4, 0.5) is 10.2 Å². The molecule has 1 heterocycles. The first-order valence-electron chi connectivity index (χ1n) is 4.23. The van der Waals surface area contributed by atoms with Gasteiger partial charge in [0.15, 0.2) is 0 Å². The van der Waals surface area contributed by atoms with E-state index in [1.807, 2.05) is 13.8 Å². The van der Waals surface area contributed by atoms with E-state index in [-0.39, 0.29) is 5.82 Å². The van der Waals surface area contributed by atoms with Crippen molar-refractivity contribution in [3.05, 3.63) is 23.6 Å². The lowest BCUT2D eigenvalue weighted by Gasteiger charge is -2.09. The highest BCUT2D eigenvalue weighted by atomic mass is 19.1. The lowest BCUT2D eigenvalue weighted by molar-refractivity contribution is 0.579. The van der Waals surface area contributed by atoms with Gasteiger partial charge in [-0.3, -0.25) is 0 Å². The van der Waals surface area contributed by atoms with Crippen molar-refractivity contribution < 1.29 is 4.39 Å². The minimum atomic E-state index is -0.352. The summed E-state index contributed by atoms with van der Waals surface area (Å²) < 4.78 is 12.7. The van der Waals surface area contributed by atoms with Crippen LogP contribution in [0.5, 0.6) is 0 Å². The van der Waals surface area contributed by atoms with Crippen LogP contribution < -0.4 is 11.1 Å². The van der Waals surface area contributed by atoms with Crippen LogP contribution in [0.2, 0.25) is 0 Å². The summed E-state index contributed by atoms with van der Waals surface area (Å²) in [6, 6.07) is 1.75. The third-order valence-corrected chi connectivity index (χ3v) is 1.67. The highest BCUT2D eigenvalue weighted by Crippen LogP contribution is 2.09. The Bertz CT molecular complexity index is 286. The van der Waals surface area contributed by atoms with Gasteiger partial charge >= 0.3 is 0 Å². The van der Waals surface area contributed by atoms with Gasteiger partial charge in [0.2, 0.25) is 0 Å². The van der Waals surface area contributed by atoms with Crippen molar-refractivity contribution >= 4 is 5.82 Å². The van der Waals surface area contributed by atoms with Gasteiger partial charge in [-0.2, -0.15) is 0 Å². The molecule has 4 heteroatoms. The van der Waals surface area contributed by atoms with E-state index in [1.54, 1.807) is 0 Å². The van der Waals surface area contributed by atoms with Crippen LogP contribution in [-0.4, -0.2) is 11.0 Å². The van der Waals surface area contributed by atoms with Crippen LogP contribution >= 0.6 is 0 Å². The molecule has 0 atom stereocenters. The van der Waals surface area contributed by atoms with E-state index in [9.17, 15) is 4.39 Å². The van der Waals surface area contributed by atoms with E-state index in [4.69, 9.17) is 5.73 Å². The minimum Gasteiger partial charge on any atom is -0.383 e. The van der Waals surface area contributed by atoms with Gasteiger partial charge in [0.05, 0.1) is 6.20 Å². The quantitative estimate of drug-likeness (QED) is 0.742. The molecule has 1 aromatic rings. The standard InChI is InChI=1S/C9H14FN3/c1-6(2)12-4-7-3-8(10)5-13-9(7)11/h3,5-6,12H,4H2,1-2H3,(H2,11,13). The highest BCUT2D eigenvalue weighted by Gasteiger charge is 2.02. The Morgan fingerprint density at radius 3 is 2.92 bits per heavy atom. The summed E-state index contributed by atoms with van der Waals surface area (Å²) in [5.74, 6) is 0.0318. The maximum Gasteiger partial charge on any atom is 0.141 e. The molecule has 0 aliphatic rings. The first-order chi connectivity index (χ1) is 6.09. The zero-order valence-corrected chi connectivity index (χ0v) is 7.84. The average Bonchev–Trinajstić information content (AvgIpc) is 2.06. The Morgan fingerprint density at radius 2 is 2.31 bits per heavy atom. The molecule has 0 aromatic carbocycles. The molecule has 3 N–H and O–H groups in total. The third kappa shape index (κ3) is 2.99. The number of nitrogens with two attached hydrogens (primary N) is 1. The molecule has 1 rings (SSSR count). The first kappa shape index (κ1) is 9.92. The summed E-state index contributed by atoms with van der Waals surface area (Å²) in [5.41, 5.74) is 6.26. The van der Waals surface area contributed by atoms with Crippen LogP contribution in [0.25, 0.3) is 0 Å². The van der Waals surface area contributed by atoms with Gasteiger partial charge < -0.3 is 11.1 Å². The molecule has 1 aromatic heterocycles. The number of aromatic nitrogens is 1. The maximum absolute atomic E-state index is 12.7. The third-order valence-electron chi connectivity index (χ3n) is 1.67. The van der Waals surface area contributed by atoms with Gasteiger partial charge in [-0.05, 0) is 6.07 Å². The van der Waals surface area contributed by atoms with Crippen molar-refractivity contribution in [3.63, 3.8) is 0 Å². The first-order valence-corrected chi connectivity index (χ1v) is 4.23. The molecule has 0 aliphatic heterocycles. The van der Waals surface area contributed by atoms with Crippen molar-refractivity contribution in [2.45, 2.75) is 26.4 Å². The molecular weight excluding hydrogens is 169 g/mol. The molecule has 0 fully saturated rings. The second-order valence-corrected chi connectivity index (χ2v) is 3.23. The fourth-order valence-corrected chi connectivity index (χ4v) is 0.947. The second kappa shape index (κ2) is 4.18. The molecule has 3 nitrogen and oxygen atoms in total. The fraction of sp³-hybridized carbons (Fsp3) is 0.444. The topological polar surface area (TPSA) is 50.9 Å². The molecule has 72 valence electrons. The maximum atomic E-state index is 12.7. The molecule has 0 aliphatic carbocycles. The average molecular weight is 183 g/mol. The highest BCUT2D eigenvalue weighted by molar-refractivity contribution is 5.38. The number of nitrogens with zero attached hydrogens (tertiary/aromatic N) is 1. The summed E-state index contributed by atoms with van der Waals surface area (Å²) in [6.07, 6.45) is 1.12. The summed E-state index contributed by atoms with van der Waals surface area (Å²) >= 11 is 0. The summed E-state index contributed by atoms with van der Waals surface area (Å²) in [7, 11) is 0. The molecule has 0 saturated heterocycles. The SMILES string of the molecule is CC(C)NCc1cc(F)cnc1N. The number of rotatable bonds is 3. The van der Waals surface area contributed by atoms with Crippen molar-refractivity contribution in [2.75, 3.05) is 5.73 Å². The zero-order valence-electron chi connectivity index (χ0n) is 7.84. The number of hydrogen-bond donors (Lipinski definition) is 2. The molecule has 13 heavy (non-hydrogen) atoms. The Hall–Kier alpha value is -1.16. The van der Waals surface area contributed by atoms with Crippen LogP contribution in [0.3, 0.4) is 0 Å². The molecule has 0 bridgehead atoms. The molecule has 0 unspecified atom stereocenters. The lowest BCUT2D eigenvalue weighted by Crippen LogP contribution is -2.22. The Balaban J connectivity index is 2.70. The lowest BCUT2D eigenvalue weighted by atomic mass is 10.2. The van der Waals surface area contributed by atoms with E-state index < -0.39 is 0 Å². The van der Waals surface area contributed by atoms with Crippen LogP contribution in [-0.2, 0) is 6.54 Å². The smallest absolute Gasteiger partial charge is 0.141 e. The van der Waals surface area contributed by atoms with E-state index in [0.717, 1.165) is 6.20 Å². The van der Waals surface area contributed by atoms with Gasteiger partial charge in [0.25, 0.3) is 0 Å². The number of halogens is 1. The largest absolute Gasteiger partial charge is 0.383 e. The molecule has 0 spiro atoms. The van der Waals surface area contributed by atoms with E-state index >= 15 is 0 Å². The molecule has 0 saturated carbocycles. The zero-order chi connectivity index (χ0) is 9.84.